The van der Waals surface area contributed by atoms with Crippen LogP contribution in [-0.2, 0) is 6.54 Å². The fourth-order valence-corrected chi connectivity index (χ4v) is 2.09. The van der Waals surface area contributed by atoms with Gasteiger partial charge in [-0.3, -0.25) is 4.79 Å². The summed E-state index contributed by atoms with van der Waals surface area (Å²) in [7, 11) is 0. The zero-order valence-electron chi connectivity index (χ0n) is 11.6. The van der Waals surface area contributed by atoms with E-state index in [1.54, 1.807) is 6.33 Å². The third kappa shape index (κ3) is 4.61. The number of nitrogens with two attached hydrogens (primary N) is 1. The van der Waals surface area contributed by atoms with Crippen molar-refractivity contribution in [2.24, 2.45) is 11.7 Å². The third-order valence-corrected chi connectivity index (χ3v) is 3.32. The number of carbonyl (C=O) groups excluding carboxylic acids is 1. The summed E-state index contributed by atoms with van der Waals surface area (Å²) in [5.41, 5.74) is 6.05. The van der Waals surface area contributed by atoms with Crippen LogP contribution in [0.25, 0.3) is 0 Å². The van der Waals surface area contributed by atoms with Gasteiger partial charge in [0, 0.05) is 25.7 Å². The molecule has 0 saturated carbocycles. The lowest BCUT2D eigenvalue weighted by Gasteiger charge is -2.12. The van der Waals surface area contributed by atoms with Crippen molar-refractivity contribution < 1.29 is 4.79 Å². The normalized spacial score (nSPS) is 12.6. The summed E-state index contributed by atoms with van der Waals surface area (Å²) in [6.45, 7) is 5.62. The van der Waals surface area contributed by atoms with Gasteiger partial charge in [0.1, 0.15) is 5.69 Å². The quantitative estimate of drug-likeness (QED) is 0.686. The fraction of sp³-hybridized carbons (Fsp3) is 0.714. The van der Waals surface area contributed by atoms with E-state index in [0.29, 0.717) is 31.1 Å². The highest BCUT2D eigenvalue weighted by molar-refractivity contribution is 5.94. The highest BCUT2D eigenvalue weighted by Crippen LogP contribution is 2.18. The predicted molar refractivity (Wildman–Crippen MR) is 73.5 cm³/mol. The number of unbranched alkanes of at least 4 members (excludes halogenated alkanes) is 1. The van der Waals surface area contributed by atoms with Crippen molar-refractivity contribution in [1.29, 1.82) is 0 Å². The molecule has 4 nitrogen and oxygen atoms in total. The van der Waals surface area contributed by atoms with Gasteiger partial charge >= 0.3 is 0 Å². The number of ketones is 1. The Kier molecular flexibility index (Phi) is 6.65. The molecule has 0 radical (unpaired) electrons. The van der Waals surface area contributed by atoms with Crippen molar-refractivity contribution in [3.63, 3.8) is 0 Å². The molecule has 0 aliphatic rings. The van der Waals surface area contributed by atoms with Crippen LogP contribution in [0.3, 0.4) is 0 Å². The number of nitrogens with zero attached hydrogens (tertiary/aromatic N) is 2. The lowest BCUT2D eigenvalue weighted by Crippen LogP contribution is -2.10. The highest BCUT2D eigenvalue weighted by atomic mass is 16.1. The minimum Gasteiger partial charge on any atom is -0.335 e. The molecule has 0 aromatic carbocycles. The summed E-state index contributed by atoms with van der Waals surface area (Å²) < 4.78 is 1.88. The van der Waals surface area contributed by atoms with Gasteiger partial charge in [0.15, 0.2) is 5.78 Å². The van der Waals surface area contributed by atoms with Crippen molar-refractivity contribution in [2.45, 2.75) is 52.5 Å². The zero-order valence-corrected chi connectivity index (χ0v) is 11.6. The Balaban J connectivity index is 2.51. The average Bonchev–Trinajstić information content (AvgIpc) is 2.83. The Morgan fingerprint density at radius 2 is 2.28 bits per heavy atom. The minimum atomic E-state index is 0.161. The Labute approximate surface area is 110 Å². The first-order valence-corrected chi connectivity index (χ1v) is 6.96. The molecule has 0 aliphatic carbocycles. The number of Topliss-reactive ketones (excluding diaryl/α,β-unsaturated/α-hetero) is 1. The van der Waals surface area contributed by atoms with Gasteiger partial charge in [-0.2, -0.15) is 0 Å². The van der Waals surface area contributed by atoms with Gasteiger partial charge in [-0.15, -0.1) is 0 Å². The van der Waals surface area contributed by atoms with Crippen molar-refractivity contribution >= 4 is 5.78 Å². The second kappa shape index (κ2) is 8.03. The van der Waals surface area contributed by atoms with Gasteiger partial charge in [0.2, 0.25) is 0 Å². The molecule has 1 aromatic heterocycles. The van der Waals surface area contributed by atoms with Crippen LogP contribution in [0.2, 0.25) is 0 Å². The number of hydrogen-bond acceptors (Lipinski definition) is 3. The average molecular weight is 251 g/mol. The highest BCUT2D eigenvalue weighted by Gasteiger charge is 2.15. The number of aromatic nitrogens is 2. The standard InChI is InChI=1S/C14H25N3O/c1-3-5-6-12(4-2)9-14(18)13-10-17(8-7-15)11-16-13/h10-12H,3-9,15H2,1-2H3. The topological polar surface area (TPSA) is 60.9 Å². The SMILES string of the molecule is CCCCC(CC)CC(=O)c1cn(CCN)cn1. The van der Waals surface area contributed by atoms with Gasteiger partial charge in [-0.1, -0.05) is 39.5 Å². The van der Waals surface area contributed by atoms with Gasteiger partial charge < -0.3 is 10.3 Å². The van der Waals surface area contributed by atoms with Crippen molar-refractivity contribution in [3.8, 4) is 0 Å². The molecule has 1 aromatic rings. The summed E-state index contributed by atoms with van der Waals surface area (Å²) in [6, 6.07) is 0. The summed E-state index contributed by atoms with van der Waals surface area (Å²) in [5.74, 6) is 0.658. The van der Waals surface area contributed by atoms with Gasteiger partial charge in [-0.25, -0.2) is 4.98 Å². The van der Waals surface area contributed by atoms with Crippen LogP contribution < -0.4 is 5.73 Å². The van der Waals surface area contributed by atoms with Gasteiger partial charge in [0.05, 0.1) is 6.33 Å². The molecule has 2 N–H and O–H groups in total. The number of carbonyl (C=O) groups is 1. The Morgan fingerprint density at radius 1 is 1.50 bits per heavy atom. The molecule has 1 unspecified atom stereocenters. The fourth-order valence-electron chi connectivity index (χ4n) is 2.09. The molecule has 0 bridgehead atoms. The predicted octanol–water partition coefficient (Wildman–Crippen LogP) is 2.63. The molecule has 102 valence electrons. The Hall–Kier alpha value is -1.16. The van der Waals surface area contributed by atoms with E-state index >= 15 is 0 Å². The minimum absolute atomic E-state index is 0.161. The number of imidazole rings is 1. The molecule has 18 heavy (non-hydrogen) atoms. The molecule has 0 fully saturated rings. The van der Waals surface area contributed by atoms with Crippen LogP contribution in [0.15, 0.2) is 12.5 Å². The van der Waals surface area contributed by atoms with Crippen LogP contribution in [0.4, 0.5) is 0 Å². The van der Waals surface area contributed by atoms with Gasteiger partial charge in [-0.05, 0) is 5.92 Å². The first-order chi connectivity index (χ1) is 8.71. The molecule has 1 heterocycles. The third-order valence-electron chi connectivity index (χ3n) is 3.32. The largest absolute Gasteiger partial charge is 0.335 e. The number of hydrogen-bond donors (Lipinski definition) is 1. The monoisotopic (exact) mass is 251 g/mol. The van der Waals surface area contributed by atoms with E-state index in [0.717, 1.165) is 12.8 Å². The van der Waals surface area contributed by atoms with Crippen molar-refractivity contribution in [3.05, 3.63) is 18.2 Å². The Bertz CT molecular complexity index is 360. The molecule has 0 amide bonds. The molecular formula is C14H25N3O. The van der Waals surface area contributed by atoms with Crippen LogP contribution >= 0.6 is 0 Å². The molecule has 0 saturated heterocycles. The lowest BCUT2D eigenvalue weighted by molar-refractivity contribution is 0.0952. The second-order valence-corrected chi connectivity index (χ2v) is 4.83. The van der Waals surface area contributed by atoms with E-state index in [2.05, 4.69) is 18.8 Å². The maximum Gasteiger partial charge on any atom is 0.183 e. The van der Waals surface area contributed by atoms with E-state index < -0.39 is 0 Å². The van der Waals surface area contributed by atoms with Gasteiger partial charge in [0.25, 0.3) is 0 Å². The van der Waals surface area contributed by atoms with Crippen LogP contribution in [-0.4, -0.2) is 21.9 Å². The lowest BCUT2D eigenvalue weighted by atomic mass is 9.93. The summed E-state index contributed by atoms with van der Waals surface area (Å²) in [5, 5.41) is 0. The van der Waals surface area contributed by atoms with Crippen LogP contribution in [0.1, 0.15) is 56.4 Å². The molecule has 0 aliphatic heterocycles. The second-order valence-electron chi connectivity index (χ2n) is 4.83. The van der Waals surface area contributed by atoms with E-state index in [1.165, 1.54) is 12.8 Å². The van der Waals surface area contributed by atoms with E-state index in [1.807, 2.05) is 10.8 Å². The maximum absolute atomic E-state index is 12.1. The smallest absolute Gasteiger partial charge is 0.183 e. The first kappa shape index (κ1) is 14.9. The number of rotatable bonds is 9. The van der Waals surface area contributed by atoms with E-state index in [-0.39, 0.29) is 5.78 Å². The molecule has 1 rings (SSSR count). The van der Waals surface area contributed by atoms with E-state index in [4.69, 9.17) is 5.73 Å². The van der Waals surface area contributed by atoms with E-state index in [9.17, 15) is 4.79 Å². The van der Waals surface area contributed by atoms with Crippen LogP contribution in [0, 0.1) is 5.92 Å². The Morgan fingerprint density at radius 3 is 2.89 bits per heavy atom. The van der Waals surface area contributed by atoms with Crippen molar-refractivity contribution in [2.75, 3.05) is 6.54 Å². The maximum atomic E-state index is 12.1. The molecule has 0 spiro atoms. The van der Waals surface area contributed by atoms with Crippen molar-refractivity contribution in [1.82, 2.24) is 9.55 Å². The summed E-state index contributed by atoms with van der Waals surface area (Å²) in [6.07, 6.45) is 8.71. The zero-order chi connectivity index (χ0) is 13.4. The molecule has 4 heteroatoms. The first-order valence-electron chi connectivity index (χ1n) is 6.96. The summed E-state index contributed by atoms with van der Waals surface area (Å²) >= 11 is 0. The molecular weight excluding hydrogens is 226 g/mol. The molecule has 1 atom stereocenters. The summed E-state index contributed by atoms with van der Waals surface area (Å²) in [4.78, 5) is 16.2. The van der Waals surface area contributed by atoms with Crippen LogP contribution in [0.5, 0.6) is 0 Å².